The number of ether oxygens (including phenoxy) is 1. The van der Waals surface area contributed by atoms with Crippen LogP contribution in [0, 0.1) is 0 Å². The summed E-state index contributed by atoms with van der Waals surface area (Å²) in [6.07, 6.45) is -4.69. The van der Waals surface area contributed by atoms with Crippen LogP contribution in [0.4, 0.5) is 13.2 Å². The zero-order valence-electron chi connectivity index (χ0n) is 8.57. The standard InChI is InChI=1S/C10H7BrClF3O2/c1-2-17-9(16)5-3-4-6(12)8(11)7(5)10(13,14)15/h3-4H,2H2,1H3. The summed E-state index contributed by atoms with van der Waals surface area (Å²) in [6.45, 7) is 1.51. The lowest BCUT2D eigenvalue weighted by Crippen LogP contribution is -2.16. The maximum absolute atomic E-state index is 12.8. The van der Waals surface area contributed by atoms with E-state index in [1.807, 2.05) is 0 Å². The smallest absolute Gasteiger partial charge is 0.418 e. The molecule has 0 saturated carbocycles. The number of hydrogen-bond donors (Lipinski definition) is 0. The summed E-state index contributed by atoms with van der Waals surface area (Å²) >= 11 is 8.30. The number of esters is 1. The first-order valence-electron chi connectivity index (χ1n) is 4.51. The van der Waals surface area contributed by atoms with Crippen molar-refractivity contribution in [3.05, 3.63) is 32.8 Å². The molecule has 0 spiro atoms. The number of hydrogen-bond acceptors (Lipinski definition) is 2. The lowest BCUT2D eigenvalue weighted by molar-refractivity contribution is -0.138. The molecule has 0 aliphatic heterocycles. The molecule has 0 aliphatic rings. The van der Waals surface area contributed by atoms with Crippen molar-refractivity contribution in [1.82, 2.24) is 0 Å². The van der Waals surface area contributed by atoms with E-state index < -0.39 is 23.3 Å². The predicted octanol–water partition coefficient (Wildman–Crippen LogP) is 4.30. The van der Waals surface area contributed by atoms with Crippen LogP contribution in [0.15, 0.2) is 16.6 Å². The van der Waals surface area contributed by atoms with Crippen LogP contribution in [0.25, 0.3) is 0 Å². The molecule has 0 aromatic heterocycles. The summed E-state index contributed by atoms with van der Waals surface area (Å²) in [7, 11) is 0. The van der Waals surface area contributed by atoms with Gasteiger partial charge in [0.2, 0.25) is 0 Å². The Labute approximate surface area is 109 Å². The van der Waals surface area contributed by atoms with Crippen LogP contribution in [0.1, 0.15) is 22.8 Å². The Balaban J connectivity index is 3.41. The van der Waals surface area contributed by atoms with Crippen LogP contribution in [0.5, 0.6) is 0 Å². The highest BCUT2D eigenvalue weighted by Gasteiger charge is 2.38. The quantitative estimate of drug-likeness (QED) is 0.755. The molecule has 17 heavy (non-hydrogen) atoms. The Morgan fingerprint density at radius 1 is 1.47 bits per heavy atom. The summed E-state index contributed by atoms with van der Waals surface area (Å²) in [4.78, 5) is 11.4. The molecule has 1 aromatic carbocycles. The van der Waals surface area contributed by atoms with Gasteiger partial charge in [0, 0.05) is 4.47 Å². The van der Waals surface area contributed by atoms with Gasteiger partial charge in [-0.3, -0.25) is 0 Å². The van der Waals surface area contributed by atoms with Crippen LogP contribution in [0.2, 0.25) is 5.02 Å². The topological polar surface area (TPSA) is 26.3 Å². The molecule has 7 heteroatoms. The Bertz CT molecular complexity index is 446. The van der Waals surface area contributed by atoms with Gasteiger partial charge in [-0.2, -0.15) is 13.2 Å². The van der Waals surface area contributed by atoms with Gasteiger partial charge in [-0.15, -0.1) is 0 Å². The number of carbonyl (C=O) groups is 1. The van der Waals surface area contributed by atoms with E-state index in [4.69, 9.17) is 11.6 Å². The van der Waals surface area contributed by atoms with Crippen molar-refractivity contribution in [2.75, 3.05) is 6.61 Å². The summed E-state index contributed by atoms with van der Waals surface area (Å²) in [5.74, 6) is -1.03. The summed E-state index contributed by atoms with van der Waals surface area (Å²) in [5, 5.41) is -0.120. The third-order valence-corrected chi connectivity index (χ3v) is 3.24. The molecule has 0 radical (unpaired) electrons. The van der Waals surface area contributed by atoms with E-state index in [2.05, 4.69) is 20.7 Å². The van der Waals surface area contributed by atoms with Gasteiger partial charge in [0.25, 0.3) is 0 Å². The molecule has 0 atom stereocenters. The fourth-order valence-electron chi connectivity index (χ4n) is 1.21. The van der Waals surface area contributed by atoms with Gasteiger partial charge in [-0.25, -0.2) is 4.79 Å². The van der Waals surface area contributed by atoms with Gasteiger partial charge in [-0.05, 0) is 35.0 Å². The fraction of sp³-hybridized carbons (Fsp3) is 0.300. The Hall–Kier alpha value is -0.750. The molecular weight excluding hydrogens is 324 g/mol. The molecule has 0 fully saturated rings. The van der Waals surface area contributed by atoms with E-state index in [9.17, 15) is 18.0 Å². The molecular formula is C10H7BrClF3O2. The molecule has 0 saturated heterocycles. The van der Waals surface area contributed by atoms with Crippen molar-refractivity contribution >= 4 is 33.5 Å². The van der Waals surface area contributed by atoms with Gasteiger partial charge in [0.1, 0.15) is 0 Å². The fourth-order valence-corrected chi connectivity index (χ4v) is 1.93. The van der Waals surface area contributed by atoms with Crippen molar-refractivity contribution in [3.63, 3.8) is 0 Å². The molecule has 0 amide bonds. The number of benzene rings is 1. The molecule has 1 rings (SSSR count). The number of halogens is 5. The zero-order chi connectivity index (χ0) is 13.2. The minimum atomic E-state index is -4.69. The Morgan fingerprint density at radius 3 is 2.53 bits per heavy atom. The summed E-state index contributed by atoms with van der Waals surface area (Å²) in [5.41, 5.74) is -1.68. The number of alkyl halides is 3. The normalized spacial score (nSPS) is 11.4. The number of rotatable bonds is 2. The highest BCUT2D eigenvalue weighted by Crippen LogP contribution is 2.40. The van der Waals surface area contributed by atoms with Crippen LogP contribution < -0.4 is 0 Å². The minimum absolute atomic E-state index is 0.00360. The third kappa shape index (κ3) is 3.13. The van der Waals surface area contributed by atoms with Crippen LogP contribution in [-0.2, 0) is 10.9 Å². The summed E-state index contributed by atoms with van der Waals surface area (Å²) < 4.78 is 42.6. The maximum atomic E-state index is 12.8. The monoisotopic (exact) mass is 330 g/mol. The van der Waals surface area contributed by atoms with E-state index in [1.54, 1.807) is 0 Å². The second-order valence-electron chi connectivity index (χ2n) is 3.00. The second-order valence-corrected chi connectivity index (χ2v) is 4.20. The highest BCUT2D eigenvalue weighted by molar-refractivity contribution is 9.10. The molecule has 0 N–H and O–H groups in total. The first kappa shape index (κ1) is 14.3. The minimum Gasteiger partial charge on any atom is -0.462 e. The largest absolute Gasteiger partial charge is 0.462 e. The van der Waals surface area contributed by atoms with Gasteiger partial charge in [0.15, 0.2) is 0 Å². The van der Waals surface area contributed by atoms with Crippen molar-refractivity contribution in [1.29, 1.82) is 0 Å². The Kier molecular flexibility index (Phi) is 4.43. The van der Waals surface area contributed by atoms with E-state index in [-0.39, 0.29) is 16.1 Å². The molecule has 0 bridgehead atoms. The van der Waals surface area contributed by atoms with E-state index >= 15 is 0 Å². The SMILES string of the molecule is CCOC(=O)c1ccc(Cl)c(Br)c1C(F)(F)F. The van der Waals surface area contributed by atoms with Gasteiger partial charge >= 0.3 is 12.1 Å². The van der Waals surface area contributed by atoms with Gasteiger partial charge < -0.3 is 4.74 Å². The van der Waals surface area contributed by atoms with E-state index in [0.717, 1.165) is 6.07 Å². The highest BCUT2D eigenvalue weighted by atomic mass is 79.9. The average Bonchev–Trinajstić information content (AvgIpc) is 2.20. The van der Waals surface area contributed by atoms with Gasteiger partial charge in [-0.1, -0.05) is 11.6 Å². The van der Waals surface area contributed by atoms with Crippen LogP contribution >= 0.6 is 27.5 Å². The van der Waals surface area contributed by atoms with Crippen molar-refractivity contribution in [2.45, 2.75) is 13.1 Å². The zero-order valence-corrected chi connectivity index (χ0v) is 10.9. The van der Waals surface area contributed by atoms with E-state index in [1.165, 1.54) is 13.0 Å². The molecule has 1 aromatic rings. The molecule has 0 aliphatic carbocycles. The van der Waals surface area contributed by atoms with Crippen LogP contribution in [-0.4, -0.2) is 12.6 Å². The van der Waals surface area contributed by atoms with Gasteiger partial charge in [0.05, 0.1) is 22.8 Å². The molecule has 94 valence electrons. The first-order valence-corrected chi connectivity index (χ1v) is 5.68. The van der Waals surface area contributed by atoms with Crippen molar-refractivity contribution in [2.24, 2.45) is 0 Å². The van der Waals surface area contributed by atoms with E-state index in [0.29, 0.717) is 0 Å². The van der Waals surface area contributed by atoms with Crippen molar-refractivity contribution in [3.8, 4) is 0 Å². The molecule has 2 nitrogen and oxygen atoms in total. The number of carbonyl (C=O) groups excluding carboxylic acids is 1. The average molecular weight is 332 g/mol. The first-order chi connectivity index (χ1) is 7.79. The third-order valence-electron chi connectivity index (χ3n) is 1.87. The molecule has 0 heterocycles. The lowest BCUT2D eigenvalue weighted by atomic mass is 10.1. The lowest BCUT2D eigenvalue weighted by Gasteiger charge is -2.14. The molecule has 0 unspecified atom stereocenters. The summed E-state index contributed by atoms with van der Waals surface area (Å²) in [6, 6.07) is 2.20. The van der Waals surface area contributed by atoms with Crippen molar-refractivity contribution < 1.29 is 22.7 Å². The maximum Gasteiger partial charge on any atom is 0.418 e. The Morgan fingerprint density at radius 2 is 2.06 bits per heavy atom. The van der Waals surface area contributed by atoms with Crippen LogP contribution in [0.3, 0.4) is 0 Å². The second kappa shape index (κ2) is 5.27. The predicted molar refractivity (Wildman–Crippen MR) is 60.1 cm³/mol.